The Morgan fingerprint density at radius 2 is 2.29 bits per heavy atom. The predicted molar refractivity (Wildman–Crippen MR) is 51.8 cm³/mol. The number of alkyl carbamates (subject to hydrolysis) is 1. The van der Waals surface area contributed by atoms with E-state index < -0.39 is 15.9 Å². The summed E-state index contributed by atoms with van der Waals surface area (Å²) in [6.07, 6.45) is 0.730. The second-order valence-corrected chi connectivity index (χ2v) is 5.61. The Hall–Kier alpha value is -0.780. The lowest BCUT2D eigenvalue weighted by molar-refractivity contribution is 0.143. The molecule has 1 heterocycles. The van der Waals surface area contributed by atoms with Crippen molar-refractivity contribution in [2.45, 2.75) is 25.8 Å². The highest BCUT2D eigenvalue weighted by atomic mass is 32.2. The molecule has 0 radical (unpaired) electrons. The van der Waals surface area contributed by atoms with Crippen LogP contribution >= 0.6 is 0 Å². The Bertz CT molecular complexity index is 298. The highest BCUT2D eigenvalue weighted by Gasteiger charge is 2.29. The number of ether oxygens (including phenoxy) is 1. The van der Waals surface area contributed by atoms with Crippen molar-refractivity contribution in [2.75, 3.05) is 18.1 Å². The average molecular weight is 221 g/mol. The van der Waals surface area contributed by atoms with Gasteiger partial charge < -0.3 is 10.1 Å². The van der Waals surface area contributed by atoms with E-state index in [0.717, 1.165) is 6.42 Å². The fourth-order valence-corrected chi connectivity index (χ4v) is 2.99. The number of hydrogen-bond donors (Lipinski definition) is 1. The van der Waals surface area contributed by atoms with Gasteiger partial charge in [0.15, 0.2) is 9.84 Å². The third-order valence-corrected chi connectivity index (χ3v) is 3.76. The van der Waals surface area contributed by atoms with Crippen LogP contribution in [0.1, 0.15) is 19.8 Å². The molecule has 1 unspecified atom stereocenters. The predicted octanol–water partition coefficient (Wildman–Crippen LogP) is 0.310. The van der Waals surface area contributed by atoms with Crippen LogP contribution in [0.2, 0.25) is 0 Å². The fourth-order valence-electron chi connectivity index (χ4n) is 1.31. The van der Waals surface area contributed by atoms with E-state index in [9.17, 15) is 13.2 Å². The molecule has 82 valence electrons. The summed E-state index contributed by atoms with van der Waals surface area (Å²) in [4.78, 5) is 11.0. The van der Waals surface area contributed by atoms with Crippen molar-refractivity contribution in [3.63, 3.8) is 0 Å². The molecule has 0 aromatic heterocycles. The first-order valence-corrected chi connectivity index (χ1v) is 6.49. The maximum Gasteiger partial charge on any atom is 0.407 e. The van der Waals surface area contributed by atoms with Gasteiger partial charge in [-0.1, -0.05) is 6.92 Å². The van der Waals surface area contributed by atoms with E-state index in [2.05, 4.69) is 5.32 Å². The van der Waals surface area contributed by atoms with Gasteiger partial charge in [0.05, 0.1) is 18.1 Å². The Morgan fingerprint density at radius 3 is 2.79 bits per heavy atom. The second kappa shape index (κ2) is 4.63. The van der Waals surface area contributed by atoms with E-state index in [4.69, 9.17) is 4.74 Å². The van der Waals surface area contributed by atoms with E-state index in [0.29, 0.717) is 13.0 Å². The zero-order chi connectivity index (χ0) is 10.6. The minimum atomic E-state index is -2.93. The SMILES string of the molecule is CCCOC(=O)NC1CCS(=O)(=O)C1. The van der Waals surface area contributed by atoms with Crippen LogP contribution in [0.5, 0.6) is 0 Å². The monoisotopic (exact) mass is 221 g/mol. The van der Waals surface area contributed by atoms with E-state index in [-0.39, 0.29) is 17.5 Å². The third kappa shape index (κ3) is 3.53. The molecule has 0 aliphatic carbocycles. The zero-order valence-corrected chi connectivity index (χ0v) is 8.97. The van der Waals surface area contributed by atoms with E-state index >= 15 is 0 Å². The van der Waals surface area contributed by atoms with Crippen LogP contribution < -0.4 is 5.32 Å². The van der Waals surface area contributed by atoms with Crippen LogP contribution in [0.15, 0.2) is 0 Å². The van der Waals surface area contributed by atoms with Crippen molar-refractivity contribution >= 4 is 15.9 Å². The number of carbonyl (C=O) groups excluding carboxylic acids is 1. The van der Waals surface area contributed by atoms with Crippen LogP contribution in [-0.2, 0) is 14.6 Å². The molecule has 1 fully saturated rings. The third-order valence-electron chi connectivity index (χ3n) is 1.99. The molecule has 1 amide bonds. The molecular weight excluding hydrogens is 206 g/mol. The van der Waals surface area contributed by atoms with Crippen molar-refractivity contribution < 1.29 is 17.9 Å². The van der Waals surface area contributed by atoms with Crippen LogP contribution in [0.4, 0.5) is 4.79 Å². The highest BCUT2D eigenvalue weighted by Crippen LogP contribution is 2.11. The molecule has 6 heteroatoms. The van der Waals surface area contributed by atoms with Crippen LogP contribution in [0.3, 0.4) is 0 Å². The van der Waals surface area contributed by atoms with E-state index in [1.807, 2.05) is 6.92 Å². The smallest absolute Gasteiger partial charge is 0.407 e. The van der Waals surface area contributed by atoms with Crippen molar-refractivity contribution in [3.8, 4) is 0 Å². The van der Waals surface area contributed by atoms with Crippen molar-refractivity contribution in [1.82, 2.24) is 5.32 Å². The van der Waals surface area contributed by atoms with Gasteiger partial charge in [-0.15, -0.1) is 0 Å². The molecule has 1 aliphatic heterocycles. The van der Waals surface area contributed by atoms with Gasteiger partial charge in [-0.05, 0) is 12.8 Å². The molecule has 0 aromatic carbocycles. The van der Waals surface area contributed by atoms with Crippen molar-refractivity contribution in [3.05, 3.63) is 0 Å². The topological polar surface area (TPSA) is 72.5 Å². The van der Waals surface area contributed by atoms with Gasteiger partial charge in [0, 0.05) is 6.04 Å². The Labute approximate surface area is 83.7 Å². The van der Waals surface area contributed by atoms with E-state index in [1.165, 1.54) is 0 Å². The second-order valence-electron chi connectivity index (χ2n) is 3.38. The van der Waals surface area contributed by atoms with Crippen molar-refractivity contribution in [2.24, 2.45) is 0 Å². The summed E-state index contributed by atoms with van der Waals surface area (Å²) in [7, 11) is -2.93. The maximum absolute atomic E-state index is 11.0. The summed E-state index contributed by atoms with van der Waals surface area (Å²) in [5.41, 5.74) is 0. The molecule has 1 atom stereocenters. The minimum Gasteiger partial charge on any atom is -0.450 e. The van der Waals surface area contributed by atoms with Crippen molar-refractivity contribution in [1.29, 1.82) is 0 Å². The molecule has 1 saturated heterocycles. The molecule has 14 heavy (non-hydrogen) atoms. The number of nitrogens with one attached hydrogen (secondary N) is 1. The van der Waals surface area contributed by atoms with Gasteiger partial charge in [-0.25, -0.2) is 13.2 Å². The molecular formula is C8H15NO4S. The summed E-state index contributed by atoms with van der Waals surface area (Å²) < 4.78 is 26.9. The Morgan fingerprint density at radius 1 is 1.57 bits per heavy atom. The lowest BCUT2D eigenvalue weighted by atomic mass is 10.3. The molecule has 0 bridgehead atoms. The number of rotatable bonds is 3. The lowest BCUT2D eigenvalue weighted by Crippen LogP contribution is -2.36. The summed E-state index contributed by atoms with van der Waals surface area (Å²) in [5, 5.41) is 2.53. The zero-order valence-electron chi connectivity index (χ0n) is 8.15. The molecule has 0 spiro atoms. The van der Waals surface area contributed by atoms with Gasteiger partial charge >= 0.3 is 6.09 Å². The quantitative estimate of drug-likeness (QED) is 0.744. The lowest BCUT2D eigenvalue weighted by Gasteiger charge is -2.10. The first-order chi connectivity index (χ1) is 6.53. The number of amides is 1. The first-order valence-electron chi connectivity index (χ1n) is 4.67. The van der Waals surface area contributed by atoms with Crippen LogP contribution in [0.25, 0.3) is 0 Å². The van der Waals surface area contributed by atoms with Crippen LogP contribution in [0, 0.1) is 0 Å². The normalized spacial score (nSPS) is 24.5. The van der Waals surface area contributed by atoms with Gasteiger partial charge in [0.1, 0.15) is 0 Å². The first kappa shape index (κ1) is 11.3. The highest BCUT2D eigenvalue weighted by molar-refractivity contribution is 7.91. The van der Waals surface area contributed by atoms with Gasteiger partial charge in [0.2, 0.25) is 0 Å². The summed E-state index contributed by atoms with van der Waals surface area (Å²) in [6, 6.07) is -0.274. The van der Waals surface area contributed by atoms with Gasteiger partial charge in [-0.2, -0.15) is 0 Å². The molecule has 1 aliphatic rings. The Balaban J connectivity index is 2.29. The Kier molecular flexibility index (Phi) is 3.74. The van der Waals surface area contributed by atoms with Gasteiger partial charge in [-0.3, -0.25) is 0 Å². The molecule has 5 nitrogen and oxygen atoms in total. The average Bonchev–Trinajstić information content (AvgIpc) is 2.42. The molecule has 1 rings (SSSR count). The molecule has 1 N–H and O–H groups in total. The molecule has 0 saturated carbocycles. The summed E-state index contributed by atoms with van der Waals surface area (Å²) in [5.74, 6) is 0.194. The summed E-state index contributed by atoms with van der Waals surface area (Å²) >= 11 is 0. The maximum atomic E-state index is 11.0. The number of hydrogen-bond acceptors (Lipinski definition) is 4. The van der Waals surface area contributed by atoms with E-state index in [1.54, 1.807) is 0 Å². The van der Waals surface area contributed by atoms with Crippen LogP contribution in [-0.4, -0.2) is 38.7 Å². The largest absolute Gasteiger partial charge is 0.450 e. The molecule has 0 aromatic rings. The summed E-state index contributed by atoms with van der Waals surface area (Å²) in [6.45, 7) is 2.26. The van der Waals surface area contributed by atoms with Gasteiger partial charge in [0.25, 0.3) is 0 Å². The fraction of sp³-hybridized carbons (Fsp3) is 0.875. The standard InChI is InChI=1S/C8H15NO4S/c1-2-4-13-8(10)9-7-3-5-14(11,12)6-7/h7H,2-6H2,1H3,(H,9,10). The number of carbonyl (C=O) groups is 1. The number of sulfone groups is 1. The minimum absolute atomic E-state index is 0.0359.